The normalized spacial score (nSPS) is 10.3. The van der Waals surface area contributed by atoms with Gasteiger partial charge in [-0.1, -0.05) is 0 Å². The molecule has 0 aliphatic heterocycles. The highest BCUT2D eigenvalue weighted by Gasteiger charge is 2.10. The van der Waals surface area contributed by atoms with Crippen LogP contribution in [0.2, 0.25) is 0 Å². The lowest BCUT2D eigenvalue weighted by molar-refractivity contribution is 0.0697. The van der Waals surface area contributed by atoms with E-state index < -0.39 is 5.97 Å². The second kappa shape index (κ2) is 6.25. The number of carboxylic acids is 1. The molecule has 0 unspecified atom stereocenters. The number of aryl methyl sites for hydroxylation is 1. The molecule has 0 bridgehead atoms. The summed E-state index contributed by atoms with van der Waals surface area (Å²) in [5.41, 5.74) is 2.37. The van der Waals surface area contributed by atoms with Gasteiger partial charge >= 0.3 is 5.97 Å². The van der Waals surface area contributed by atoms with E-state index >= 15 is 0 Å². The van der Waals surface area contributed by atoms with Crippen LogP contribution in [-0.2, 0) is 4.74 Å². The molecule has 0 aromatic heterocycles. The van der Waals surface area contributed by atoms with E-state index in [1.54, 1.807) is 19.2 Å². The predicted molar refractivity (Wildman–Crippen MR) is 67.9 cm³/mol. The Bertz CT molecular complexity index is 390. The Balaban J connectivity index is 2.92. The van der Waals surface area contributed by atoms with E-state index in [-0.39, 0.29) is 0 Å². The van der Waals surface area contributed by atoms with E-state index in [1.807, 2.05) is 13.0 Å². The van der Waals surface area contributed by atoms with Crippen LogP contribution in [0, 0.1) is 6.92 Å². The van der Waals surface area contributed by atoms with E-state index in [0.717, 1.165) is 24.3 Å². The lowest BCUT2D eigenvalue weighted by Gasteiger charge is -2.24. The number of ether oxygens (including phenoxy) is 1. The Kier molecular flexibility index (Phi) is 4.97. The van der Waals surface area contributed by atoms with E-state index in [0.29, 0.717) is 12.2 Å². The highest BCUT2D eigenvalue weighted by atomic mass is 16.5. The number of hydrogen-bond donors (Lipinski definition) is 1. The number of aromatic carboxylic acids is 1. The van der Waals surface area contributed by atoms with Crippen LogP contribution in [0.1, 0.15) is 22.8 Å². The monoisotopic (exact) mass is 237 g/mol. The van der Waals surface area contributed by atoms with Crippen LogP contribution in [0.25, 0.3) is 0 Å². The number of hydrogen-bond acceptors (Lipinski definition) is 3. The molecular formula is C13H19NO3. The standard InChI is InChI=1S/C13H19NO3/c1-4-14(7-8-17-3)12-6-5-11(13(15)16)9-10(12)2/h5-6,9H,4,7-8H2,1-3H3,(H,15,16). The summed E-state index contributed by atoms with van der Waals surface area (Å²) in [7, 11) is 1.67. The second-order valence-corrected chi connectivity index (χ2v) is 3.88. The van der Waals surface area contributed by atoms with Crippen LogP contribution in [0.5, 0.6) is 0 Å². The van der Waals surface area contributed by atoms with Gasteiger partial charge in [0.1, 0.15) is 0 Å². The third-order valence-corrected chi connectivity index (χ3v) is 2.73. The summed E-state index contributed by atoms with van der Waals surface area (Å²) in [6.07, 6.45) is 0. The first-order valence-electron chi connectivity index (χ1n) is 5.68. The van der Waals surface area contributed by atoms with Crippen molar-refractivity contribution >= 4 is 11.7 Å². The number of benzene rings is 1. The van der Waals surface area contributed by atoms with Crippen LogP contribution in [-0.4, -0.2) is 37.9 Å². The zero-order chi connectivity index (χ0) is 12.8. The van der Waals surface area contributed by atoms with Gasteiger partial charge in [-0.25, -0.2) is 4.79 Å². The minimum Gasteiger partial charge on any atom is -0.478 e. The van der Waals surface area contributed by atoms with Crippen LogP contribution >= 0.6 is 0 Å². The van der Waals surface area contributed by atoms with E-state index in [1.165, 1.54) is 0 Å². The lowest BCUT2D eigenvalue weighted by Crippen LogP contribution is -2.27. The molecule has 0 saturated heterocycles. The highest BCUT2D eigenvalue weighted by Crippen LogP contribution is 2.21. The van der Waals surface area contributed by atoms with Crippen LogP contribution in [0.4, 0.5) is 5.69 Å². The van der Waals surface area contributed by atoms with Gasteiger partial charge in [-0.05, 0) is 37.6 Å². The maximum Gasteiger partial charge on any atom is 0.335 e. The summed E-state index contributed by atoms with van der Waals surface area (Å²) >= 11 is 0. The Morgan fingerprint density at radius 3 is 2.65 bits per heavy atom. The van der Waals surface area contributed by atoms with E-state index in [9.17, 15) is 4.79 Å². The Morgan fingerprint density at radius 1 is 1.47 bits per heavy atom. The summed E-state index contributed by atoms with van der Waals surface area (Å²) < 4.78 is 5.06. The predicted octanol–water partition coefficient (Wildman–Crippen LogP) is 2.17. The number of carboxylic acid groups (broad SMARTS) is 1. The van der Waals surface area contributed by atoms with Crippen LogP contribution in [0.15, 0.2) is 18.2 Å². The van der Waals surface area contributed by atoms with Crippen molar-refractivity contribution in [2.45, 2.75) is 13.8 Å². The number of methoxy groups -OCH3 is 1. The number of rotatable bonds is 6. The van der Waals surface area contributed by atoms with Gasteiger partial charge in [0.15, 0.2) is 0 Å². The first kappa shape index (κ1) is 13.5. The lowest BCUT2D eigenvalue weighted by atomic mass is 10.1. The molecule has 0 aliphatic rings. The largest absolute Gasteiger partial charge is 0.478 e. The summed E-state index contributed by atoms with van der Waals surface area (Å²) in [6, 6.07) is 5.20. The molecule has 94 valence electrons. The van der Waals surface area contributed by atoms with Gasteiger partial charge in [0.2, 0.25) is 0 Å². The quantitative estimate of drug-likeness (QED) is 0.823. The molecule has 4 heteroatoms. The van der Waals surface area contributed by atoms with Crippen molar-refractivity contribution in [3.63, 3.8) is 0 Å². The molecule has 0 heterocycles. The molecule has 1 rings (SSSR count). The fraction of sp³-hybridized carbons (Fsp3) is 0.462. The van der Waals surface area contributed by atoms with Gasteiger partial charge in [-0.3, -0.25) is 0 Å². The molecule has 0 aliphatic carbocycles. The maximum absolute atomic E-state index is 10.8. The first-order valence-corrected chi connectivity index (χ1v) is 5.68. The van der Waals surface area contributed by atoms with Crippen molar-refractivity contribution in [3.05, 3.63) is 29.3 Å². The molecule has 0 spiro atoms. The molecule has 1 N–H and O–H groups in total. The molecule has 0 amide bonds. The van der Waals surface area contributed by atoms with Crippen molar-refractivity contribution in [2.24, 2.45) is 0 Å². The average Bonchev–Trinajstić information content (AvgIpc) is 2.31. The molecule has 0 fully saturated rings. The minimum atomic E-state index is -0.889. The average molecular weight is 237 g/mol. The van der Waals surface area contributed by atoms with Crippen molar-refractivity contribution in [2.75, 3.05) is 31.7 Å². The van der Waals surface area contributed by atoms with Gasteiger partial charge in [-0.15, -0.1) is 0 Å². The summed E-state index contributed by atoms with van der Waals surface area (Å²) in [6.45, 7) is 6.34. The molecule has 0 atom stereocenters. The van der Waals surface area contributed by atoms with E-state index in [4.69, 9.17) is 9.84 Å². The molecule has 0 radical (unpaired) electrons. The van der Waals surface area contributed by atoms with Gasteiger partial charge < -0.3 is 14.7 Å². The first-order chi connectivity index (χ1) is 8.10. The number of nitrogens with zero attached hydrogens (tertiary/aromatic N) is 1. The van der Waals surface area contributed by atoms with Crippen molar-refractivity contribution < 1.29 is 14.6 Å². The van der Waals surface area contributed by atoms with Crippen molar-refractivity contribution in [3.8, 4) is 0 Å². The van der Waals surface area contributed by atoms with Crippen molar-refractivity contribution in [1.29, 1.82) is 0 Å². The Labute approximate surface area is 102 Å². The molecular weight excluding hydrogens is 218 g/mol. The maximum atomic E-state index is 10.8. The smallest absolute Gasteiger partial charge is 0.335 e. The molecule has 1 aromatic carbocycles. The van der Waals surface area contributed by atoms with Gasteiger partial charge in [-0.2, -0.15) is 0 Å². The summed E-state index contributed by atoms with van der Waals surface area (Å²) in [4.78, 5) is 13.0. The topological polar surface area (TPSA) is 49.8 Å². The van der Waals surface area contributed by atoms with Gasteiger partial charge in [0, 0.05) is 25.9 Å². The molecule has 0 saturated carbocycles. The minimum absolute atomic E-state index is 0.328. The number of likely N-dealkylation sites (N-methyl/N-ethyl adjacent to an activating group) is 1. The van der Waals surface area contributed by atoms with E-state index in [2.05, 4.69) is 11.8 Å². The van der Waals surface area contributed by atoms with Crippen LogP contribution < -0.4 is 4.90 Å². The third kappa shape index (κ3) is 3.46. The number of anilines is 1. The number of carbonyl (C=O) groups is 1. The summed E-state index contributed by atoms with van der Waals surface area (Å²) in [5, 5.41) is 8.90. The second-order valence-electron chi connectivity index (χ2n) is 3.88. The fourth-order valence-electron chi connectivity index (χ4n) is 1.79. The third-order valence-electron chi connectivity index (χ3n) is 2.73. The van der Waals surface area contributed by atoms with Gasteiger partial charge in [0.05, 0.1) is 12.2 Å². The zero-order valence-electron chi connectivity index (χ0n) is 10.6. The Hall–Kier alpha value is -1.55. The summed E-state index contributed by atoms with van der Waals surface area (Å²) in [5.74, 6) is -0.889. The molecule has 17 heavy (non-hydrogen) atoms. The zero-order valence-corrected chi connectivity index (χ0v) is 10.6. The van der Waals surface area contributed by atoms with Crippen molar-refractivity contribution in [1.82, 2.24) is 0 Å². The SMILES string of the molecule is CCN(CCOC)c1ccc(C(=O)O)cc1C. The Morgan fingerprint density at radius 2 is 2.18 bits per heavy atom. The highest BCUT2D eigenvalue weighted by molar-refractivity contribution is 5.88. The van der Waals surface area contributed by atoms with Crippen LogP contribution in [0.3, 0.4) is 0 Å². The molecule has 4 nitrogen and oxygen atoms in total. The fourth-order valence-corrected chi connectivity index (χ4v) is 1.79. The molecule has 1 aromatic rings. The van der Waals surface area contributed by atoms with Gasteiger partial charge in [0.25, 0.3) is 0 Å².